The van der Waals surface area contributed by atoms with Gasteiger partial charge in [0, 0.05) is 17.5 Å². The molecule has 1 nitrogen and oxygen atoms in total. The molecule has 2 fully saturated rings. The van der Waals surface area contributed by atoms with Gasteiger partial charge in [-0.25, -0.2) is 8.78 Å². The largest absolute Gasteiger partial charge is 0.294 e. The topological polar surface area (TPSA) is 17.1 Å². The van der Waals surface area contributed by atoms with Crippen molar-refractivity contribution in [3.8, 4) is 0 Å². The van der Waals surface area contributed by atoms with Crippen molar-refractivity contribution in [1.82, 2.24) is 0 Å². The van der Waals surface area contributed by atoms with Crippen LogP contribution in [0.1, 0.15) is 36.0 Å². The molecule has 0 saturated heterocycles. The number of rotatable bonds is 2. The molecule has 0 bridgehead atoms. The summed E-state index contributed by atoms with van der Waals surface area (Å²) in [5.74, 6) is -0.432. The number of carbonyl (C=O) groups excluding carboxylic acids is 1. The van der Waals surface area contributed by atoms with E-state index in [4.69, 9.17) is 0 Å². The first-order chi connectivity index (χ1) is 8.16. The normalized spacial score (nSPS) is 30.8. The third-order valence-electron chi connectivity index (χ3n) is 4.11. The summed E-state index contributed by atoms with van der Waals surface area (Å²) < 4.78 is 26.1. The fourth-order valence-electron chi connectivity index (χ4n) is 3.27. The second kappa shape index (κ2) is 3.90. The summed E-state index contributed by atoms with van der Waals surface area (Å²) in [5, 5.41) is 0. The van der Waals surface area contributed by atoms with Gasteiger partial charge in [-0.1, -0.05) is 12.8 Å². The highest BCUT2D eigenvalue weighted by molar-refractivity contribution is 6.00. The van der Waals surface area contributed by atoms with E-state index in [0.717, 1.165) is 31.0 Å². The Morgan fingerprint density at radius 3 is 2.06 bits per heavy atom. The summed E-state index contributed by atoms with van der Waals surface area (Å²) in [7, 11) is 0. The maximum absolute atomic E-state index is 13.1. The first-order valence-electron chi connectivity index (χ1n) is 6.17. The molecule has 0 aliphatic heterocycles. The molecule has 0 aromatic heterocycles. The Kier molecular flexibility index (Phi) is 2.49. The molecule has 2 unspecified atom stereocenters. The first kappa shape index (κ1) is 10.9. The van der Waals surface area contributed by atoms with Crippen LogP contribution in [0, 0.1) is 29.4 Å². The van der Waals surface area contributed by atoms with Crippen molar-refractivity contribution in [3.05, 3.63) is 35.4 Å². The first-order valence-corrected chi connectivity index (χ1v) is 6.17. The van der Waals surface area contributed by atoms with E-state index in [9.17, 15) is 13.6 Å². The number of halogens is 2. The van der Waals surface area contributed by atoms with Gasteiger partial charge in [-0.05, 0) is 36.8 Å². The summed E-state index contributed by atoms with van der Waals surface area (Å²) in [6.45, 7) is 0. The molecule has 0 spiro atoms. The number of hydrogen-bond acceptors (Lipinski definition) is 1. The van der Waals surface area contributed by atoms with E-state index in [1.54, 1.807) is 0 Å². The number of fused-ring (bicyclic) bond motifs is 1. The Morgan fingerprint density at radius 2 is 1.53 bits per heavy atom. The second-order valence-corrected chi connectivity index (χ2v) is 5.16. The van der Waals surface area contributed by atoms with Crippen LogP contribution in [-0.4, -0.2) is 5.78 Å². The number of carbonyl (C=O) groups is 1. The van der Waals surface area contributed by atoms with E-state index >= 15 is 0 Å². The Balaban J connectivity index is 1.82. The van der Waals surface area contributed by atoms with Crippen LogP contribution in [0.4, 0.5) is 8.78 Å². The van der Waals surface area contributed by atoms with Crippen molar-refractivity contribution >= 4 is 5.78 Å². The van der Waals surface area contributed by atoms with Crippen LogP contribution in [0.5, 0.6) is 0 Å². The highest BCUT2D eigenvalue weighted by Gasteiger charge is 2.54. The molecule has 0 amide bonds. The van der Waals surface area contributed by atoms with E-state index < -0.39 is 11.6 Å². The predicted molar refractivity (Wildman–Crippen MR) is 59.6 cm³/mol. The molecule has 0 heterocycles. The average molecular weight is 236 g/mol. The number of benzene rings is 1. The quantitative estimate of drug-likeness (QED) is 0.717. The van der Waals surface area contributed by atoms with E-state index in [1.807, 2.05) is 0 Å². The smallest absolute Gasteiger partial charge is 0.166 e. The molecule has 17 heavy (non-hydrogen) atoms. The van der Waals surface area contributed by atoms with Crippen LogP contribution < -0.4 is 0 Å². The number of hydrogen-bond donors (Lipinski definition) is 0. The zero-order valence-corrected chi connectivity index (χ0v) is 9.46. The van der Waals surface area contributed by atoms with Crippen LogP contribution >= 0.6 is 0 Å². The SMILES string of the molecule is O=C(c1cc(F)cc(F)c1)C1C2CCCCC21. The fourth-order valence-corrected chi connectivity index (χ4v) is 3.27. The van der Waals surface area contributed by atoms with E-state index in [0.29, 0.717) is 11.8 Å². The summed E-state index contributed by atoms with van der Waals surface area (Å²) in [6, 6.07) is 3.10. The van der Waals surface area contributed by atoms with Crippen LogP contribution in [0.25, 0.3) is 0 Å². The molecule has 3 heteroatoms. The molecule has 2 atom stereocenters. The molecule has 2 aliphatic carbocycles. The van der Waals surface area contributed by atoms with Gasteiger partial charge < -0.3 is 0 Å². The maximum Gasteiger partial charge on any atom is 0.166 e. The number of Topliss-reactive ketones (excluding diaryl/α,β-unsaturated/α-hetero) is 1. The van der Waals surface area contributed by atoms with Gasteiger partial charge in [0.1, 0.15) is 11.6 Å². The molecule has 0 radical (unpaired) electrons. The van der Waals surface area contributed by atoms with Crippen molar-refractivity contribution in [1.29, 1.82) is 0 Å². The predicted octanol–water partition coefficient (Wildman–Crippen LogP) is 3.58. The van der Waals surface area contributed by atoms with Gasteiger partial charge >= 0.3 is 0 Å². The third-order valence-corrected chi connectivity index (χ3v) is 4.11. The molecule has 90 valence electrons. The Labute approximate surface area is 98.8 Å². The zero-order valence-electron chi connectivity index (χ0n) is 9.46. The Morgan fingerprint density at radius 1 is 1.00 bits per heavy atom. The summed E-state index contributed by atoms with van der Waals surface area (Å²) in [5.41, 5.74) is 0.196. The average Bonchev–Trinajstić information content (AvgIpc) is 3.00. The molecular weight excluding hydrogens is 222 g/mol. The van der Waals surface area contributed by atoms with Crippen LogP contribution in [0.3, 0.4) is 0 Å². The molecule has 1 aromatic rings. The monoisotopic (exact) mass is 236 g/mol. The van der Waals surface area contributed by atoms with Crippen molar-refractivity contribution in [2.24, 2.45) is 17.8 Å². The fraction of sp³-hybridized carbons (Fsp3) is 0.500. The molecule has 2 saturated carbocycles. The minimum atomic E-state index is -0.669. The molecule has 1 aromatic carbocycles. The van der Waals surface area contributed by atoms with Gasteiger partial charge in [-0.2, -0.15) is 0 Å². The zero-order chi connectivity index (χ0) is 12.0. The van der Waals surface area contributed by atoms with Gasteiger partial charge in [-0.15, -0.1) is 0 Å². The highest BCUT2D eigenvalue weighted by Crippen LogP contribution is 2.56. The van der Waals surface area contributed by atoms with Gasteiger partial charge in [-0.3, -0.25) is 4.79 Å². The summed E-state index contributed by atoms with van der Waals surface area (Å²) >= 11 is 0. The van der Waals surface area contributed by atoms with Gasteiger partial charge in [0.15, 0.2) is 5.78 Å². The van der Waals surface area contributed by atoms with E-state index in [1.165, 1.54) is 12.8 Å². The summed E-state index contributed by atoms with van der Waals surface area (Å²) in [6.07, 6.45) is 4.56. The third kappa shape index (κ3) is 1.88. The van der Waals surface area contributed by atoms with Crippen molar-refractivity contribution in [3.63, 3.8) is 0 Å². The Bertz CT molecular complexity index is 437. The van der Waals surface area contributed by atoms with Gasteiger partial charge in [0.25, 0.3) is 0 Å². The molecule has 3 rings (SSSR count). The maximum atomic E-state index is 13.1. The number of ketones is 1. The minimum absolute atomic E-state index is 0.0266. The molecule has 0 N–H and O–H groups in total. The molecular formula is C14H14F2O. The lowest BCUT2D eigenvalue weighted by molar-refractivity contribution is 0.0955. The lowest BCUT2D eigenvalue weighted by atomic mass is 10.0. The van der Waals surface area contributed by atoms with Crippen molar-refractivity contribution in [2.45, 2.75) is 25.7 Å². The van der Waals surface area contributed by atoms with Crippen molar-refractivity contribution < 1.29 is 13.6 Å². The lowest BCUT2D eigenvalue weighted by Gasteiger charge is -2.04. The lowest BCUT2D eigenvalue weighted by Crippen LogP contribution is -2.05. The van der Waals surface area contributed by atoms with Crippen molar-refractivity contribution in [2.75, 3.05) is 0 Å². The highest BCUT2D eigenvalue weighted by atomic mass is 19.1. The second-order valence-electron chi connectivity index (χ2n) is 5.16. The van der Waals surface area contributed by atoms with Gasteiger partial charge in [0.2, 0.25) is 0 Å². The van der Waals surface area contributed by atoms with E-state index in [2.05, 4.69) is 0 Å². The summed E-state index contributed by atoms with van der Waals surface area (Å²) in [4.78, 5) is 12.1. The van der Waals surface area contributed by atoms with Crippen LogP contribution in [0.15, 0.2) is 18.2 Å². The molecule has 2 aliphatic rings. The minimum Gasteiger partial charge on any atom is -0.294 e. The van der Waals surface area contributed by atoms with Crippen LogP contribution in [-0.2, 0) is 0 Å². The van der Waals surface area contributed by atoms with Crippen LogP contribution in [0.2, 0.25) is 0 Å². The van der Waals surface area contributed by atoms with E-state index in [-0.39, 0.29) is 17.3 Å². The van der Waals surface area contributed by atoms with Gasteiger partial charge in [0.05, 0.1) is 0 Å². The standard InChI is InChI=1S/C14H14F2O/c15-9-5-8(6-10(16)7-9)14(17)13-11-3-1-2-4-12(11)13/h5-7,11-13H,1-4H2. The Hall–Kier alpha value is -1.25.